The molecule has 0 saturated heterocycles. The molecule has 0 spiro atoms. The molecule has 1 heterocycles. The smallest absolute Gasteiger partial charge is 0.234 e. The first kappa shape index (κ1) is 20.4. The minimum atomic E-state index is -0.0940. The number of hydrogen-bond acceptors (Lipinski definition) is 5. The summed E-state index contributed by atoms with van der Waals surface area (Å²) in [6.45, 7) is 4.36. The minimum absolute atomic E-state index is 0.0940. The van der Waals surface area contributed by atoms with Crippen LogP contribution in [0.5, 0.6) is 5.75 Å². The number of rotatable bonds is 7. The second kappa shape index (κ2) is 9.25. The number of carbonyl (C=O) groups excluding carboxylic acids is 1. The van der Waals surface area contributed by atoms with E-state index in [-0.39, 0.29) is 11.7 Å². The van der Waals surface area contributed by atoms with Crippen LogP contribution in [-0.4, -0.2) is 26.4 Å². The molecular formula is C20H21BrN4O2S. The van der Waals surface area contributed by atoms with E-state index < -0.39 is 0 Å². The van der Waals surface area contributed by atoms with Gasteiger partial charge in [0.25, 0.3) is 0 Å². The van der Waals surface area contributed by atoms with E-state index in [0.717, 1.165) is 27.0 Å². The molecule has 3 rings (SSSR count). The van der Waals surface area contributed by atoms with Gasteiger partial charge < -0.3 is 14.6 Å². The number of hydrogen-bond donors (Lipinski definition) is 1. The maximum atomic E-state index is 12.1. The number of carbonyl (C=O) groups is 1. The van der Waals surface area contributed by atoms with E-state index >= 15 is 0 Å². The van der Waals surface area contributed by atoms with Crippen LogP contribution in [0.15, 0.2) is 52.1 Å². The van der Waals surface area contributed by atoms with Gasteiger partial charge in [0.2, 0.25) is 5.91 Å². The van der Waals surface area contributed by atoms with Gasteiger partial charge in [-0.2, -0.15) is 0 Å². The fraction of sp³-hybridized carbons (Fsp3) is 0.250. The quantitative estimate of drug-likeness (QED) is 0.525. The summed E-state index contributed by atoms with van der Waals surface area (Å²) >= 11 is 4.71. The van der Waals surface area contributed by atoms with Crippen molar-refractivity contribution in [3.63, 3.8) is 0 Å². The molecule has 1 amide bonds. The molecule has 0 aliphatic heterocycles. The topological polar surface area (TPSA) is 69.0 Å². The number of ether oxygens (including phenoxy) is 1. The van der Waals surface area contributed by atoms with Crippen molar-refractivity contribution in [1.82, 2.24) is 14.8 Å². The number of anilines is 1. The Morgan fingerprint density at radius 3 is 2.68 bits per heavy atom. The molecule has 1 N–H and O–H groups in total. The summed E-state index contributed by atoms with van der Waals surface area (Å²) < 4.78 is 8.71. The lowest BCUT2D eigenvalue weighted by Gasteiger charge is -2.10. The second-order valence-corrected chi connectivity index (χ2v) is 8.22. The maximum Gasteiger partial charge on any atom is 0.234 e. The highest BCUT2D eigenvalue weighted by Gasteiger charge is 2.13. The van der Waals surface area contributed by atoms with E-state index in [1.54, 1.807) is 0 Å². The van der Waals surface area contributed by atoms with Crippen LogP contribution < -0.4 is 10.1 Å². The Kier molecular flexibility index (Phi) is 6.74. The number of amides is 1. The van der Waals surface area contributed by atoms with Crippen LogP contribution in [0.1, 0.15) is 17.0 Å². The molecule has 2 aromatic carbocycles. The van der Waals surface area contributed by atoms with Crippen LogP contribution in [0, 0.1) is 13.8 Å². The predicted molar refractivity (Wildman–Crippen MR) is 115 cm³/mol. The van der Waals surface area contributed by atoms with Gasteiger partial charge in [-0.25, -0.2) is 0 Å². The van der Waals surface area contributed by atoms with E-state index in [1.807, 2.05) is 61.9 Å². The van der Waals surface area contributed by atoms with Gasteiger partial charge in [-0.1, -0.05) is 39.8 Å². The van der Waals surface area contributed by atoms with Crippen molar-refractivity contribution in [1.29, 1.82) is 0 Å². The summed E-state index contributed by atoms with van der Waals surface area (Å²) in [6.07, 6.45) is 0. The third kappa shape index (κ3) is 5.36. The summed E-state index contributed by atoms with van der Waals surface area (Å²) in [5.74, 6) is 1.70. The van der Waals surface area contributed by atoms with Crippen LogP contribution >= 0.6 is 27.7 Å². The zero-order valence-electron chi connectivity index (χ0n) is 15.9. The van der Waals surface area contributed by atoms with Gasteiger partial charge in [0.05, 0.1) is 5.75 Å². The number of nitrogens with zero attached hydrogens (tertiary/aromatic N) is 3. The highest BCUT2D eigenvalue weighted by atomic mass is 79.9. The zero-order valence-corrected chi connectivity index (χ0v) is 18.3. The standard InChI is InChI=1S/C20H21BrN4O2S/c1-13-4-5-14(2)17(10-13)27-11-18-23-24-20(25(18)3)28-12-19(26)22-16-8-6-15(21)7-9-16/h4-10H,11-12H2,1-3H3,(H,22,26). The molecule has 0 fully saturated rings. The number of benzene rings is 2. The van der Waals surface area contributed by atoms with Gasteiger partial charge in [0, 0.05) is 17.2 Å². The van der Waals surface area contributed by atoms with E-state index in [2.05, 4.69) is 37.5 Å². The molecule has 0 atom stereocenters. The number of nitrogens with one attached hydrogen (secondary N) is 1. The van der Waals surface area contributed by atoms with Crippen molar-refractivity contribution in [3.05, 3.63) is 63.9 Å². The Morgan fingerprint density at radius 1 is 1.18 bits per heavy atom. The predicted octanol–water partition coefficient (Wildman–Crippen LogP) is 4.50. The molecule has 0 bridgehead atoms. The first-order chi connectivity index (χ1) is 13.4. The number of thioether (sulfide) groups is 1. The van der Waals surface area contributed by atoms with Crippen LogP contribution in [0.2, 0.25) is 0 Å². The van der Waals surface area contributed by atoms with Crippen molar-refractivity contribution in [2.75, 3.05) is 11.1 Å². The van der Waals surface area contributed by atoms with Gasteiger partial charge in [0.1, 0.15) is 12.4 Å². The highest BCUT2D eigenvalue weighted by molar-refractivity contribution is 9.10. The van der Waals surface area contributed by atoms with Crippen molar-refractivity contribution in [3.8, 4) is 5.75 Å². The van der Waals surface area contributed by atoms with Crippen LogP contribution in [0.25, 0.3) is 0 Å². The van der Waals surface area contributed by atoms with Crippen molar-refractivity contribution in [2.24, 2.45) is 7.05 Å². The Hall–Kier alpha value is -2.32. The zero-order chi connectivity index (χ0) is 20.1. The van der Waals surface area contributed by atoms with E-state index in [4.69, 9.17) is 4.74 Å². The van der Waals surface area contributed by atoms with Gasteiger partial charge in [-0.3, -0.25) is 4.79 Å². The van der Waals surface area contributed by atoms with Gasteiger partial charge in [-0.05, 0) is 55.3 Å². The van der Waals surface area contributed by atoms with Gasteiger partial charge >= 0.3 is 0 Å². The molecule has 0 aliphatic carbocycles. The summed E-state index contributed by atoms with van der Waals surface area (Å²) in [4.78, 5) is 12.1. The number of halogens is 1. The SMILES string of the molecule is Cc1ccc(C)c(OCc2nnc(SCC(=O)Nc3ccc(Br)cc3)n2C)c1. The molecule has 0 radical (unpaired) electrons. The van der Waals surface area contributed by atoms with Gasteiger partial charge in [-0.15, -0.1) is 10.2 Å². The fourth-order valence-corrected chi connectivity index (χ4v) is 3.46. The summed E-state index contributed by atoms with van der Waals surface area (Å²) in [6, 6.07) is 13.6. The lowest BCUT2D eigenvalue weighted by atomic mass is 10.1. The second-order valence-electron chi connectivity index (χ2n) is 6.36. The molecule has 0 aliphatic rings. The molecule has 28 heavy (non-hydrogen) atoms. The number of aryl methyl sites for hydroxylation is 2. The van der Waals surface area contributed by atoms with Crippen LogP contribution in [0.3, 0.4) is 0 Å². The Balaban J connectivity index is 1.54. The van der Waals surface area contributed by atoms with Crippen molar-refractivity contribution >= 4 is 39.3 Å². The normalized spacial score (nSPS) is 10.7. The first-order valence-corrected chi connectivity index (χ1v) is 10.5. The molecule has 0 unspecified atom stereocenters. The Bertz CT molecular complexity index is 973. The summed E-state index contributed by atoms with van der Waals surface area (Å²) in [5, 5.41) is 11.9. The maximum absolute atomic E-state index is 12.1. The van der Waals surface area contributed by atoms with Gasteiger partial charge in [0.15, 0.2) is 11.0 Å². The largest absolute Gasteiger partial charge is 0.485 e. The van der Waals surface area contributed by atoms with E-state index in [9.17, 15) is 4.79 Å². The van der Waals surface area contributed by atoms with Crippen LogP contribution in [-0.2, 0) is 18.4 Å². The Morgan fingerprint density at radius 2 is 1.93 bits per heavy atom. The molecule has 6 nitrogen and oxygen atoms in total. The molecule has 1 aromatic heterocycles. The average Bonchev–Trinajstić information content (AvgIpc) is 3.02. The van der Waals surface area contributed by atoms with E-state index in [0.29, 0.717) is 17.6 Å². The minimum Gasteiger partial charge on any atom is -0.485 e. The Labute approximate surface area is 176 Å². The molecular weight excluding hydrogens is 440 g/mol. The molecule has 8 heteroatoms. The third-order valence-corrected chi connectivity index (χ3v) is 5.63. The average molecular weight is 461 g/mol. The van der Waals surface area contributed by atoms with Crippen molar-refractivity contribution < 1.29 is 9.53 Å². The van der Waals surface area contributed by atoms with Crippen LogP contribution in [0.4, 0.5) is 5.69 Å². The molecule has 146 valence electrons. The lowest BCUT2D eigenvalue weighted by molar-refractivity contribution is -0.113. The van der Waals surface area contributed by atoms with Crippen molar-refractivity contribution in [2.45, 2.75) is 25.6 Å². The van der Waals surface area contributed by atoms with E-state index in [1.165, 1.54) is 11.8 Å². The lowest BCUT2D eigenvalue weighted by Crippen LogP contribution is -2.14. The summed E-state index contributed by atoms with van der Waals surface area (Å²) in [7, 11) is 1.87. The summed E-state index contributed by atoms with van der Waals surface area (Å²) in [5.41, 5.74) is 2.98. The number of aromatic nitrogens is 3. The molecule has 3 aromatic rings. The first-order valence-electron chi connectivity index (χ1n) is 8.69. The molecule has 0 saturated carbocycles. The highest BCUT2D eigenvalue weighted by Crippen LogP contribution is 2.22. The fourth-order valence-electron chi connectivity index (χ4n) is 2.46. The monoisotopic (exact) mass is 460 g/mol. The third-order valence-electron chi connectivity index (χ3n) is 4.09.